The van der Waals surface area contributed by atoms with Gasteiger partial charge in [-0.05, 0) is 95.1 Å². The van der Waals surface area contributed by atoms with Gasteiger partial charge in [-0.15, -0.1) is 11.3 Å². The first-order valence-electron chi connectivity index (χ1n) is 16.0. The summed E-state index contributed by atoms with van der Waals surface area (Å²) < 4.78 is 19.1. The lowest BCUT2D eigenvalue weighted by Gasteiger charge is -2.26. The molecule has 2 nitrogen and oxygen atoms in total. The number of aromatic nitrogens is 1. The molecule has 0 saturated carbocycles. The van der Waals surface area contributed by atoms with Crippen LogP contribution < -0.4 is 4.90 Å². The summed E-state index contributed by atoms with van der Waals surface area (Å²) in [6, 6.07) is 60.4. The van der Waals surface area contributed by atoms with Gasteiger partial charge in [0.15, 0.2) is 0 Å². The molecule has 0 spiro atoms. The molecule has 7 aromatic carbocycles. The molecule has 2 aromatic heterocycles. The van der Waals surface area contributed by atoms with Crippen LogP contribution in [0.5, 0.6) is 0 Å². The van der Waals surface area contributed by atoms with E-state index < -0.39 is 0 Å². The molecular formula is C44H29FN2S. The summed E-state index contributed by atoms with van der Waals surface area (Å²) in [5.41, 5.74) is 11.1. The predicted octanol–water partition coefficient (Wildman–Crippen LogP) is 12.9. The quantitative estimate of drug-likeness (QED) is 0.176. The number of fused-ring (bicyclic) bond motifs is 5. The second-order valence-electron chi connectivity index (χ2n) is 12.0. The fraction of sp³-hybridized carbons (Fsp3) is 0. The maximum atomic E-state index is 14.0. The molecule has 0 aliphatic carbocycles. The van der Waals surface area contributed by atoms with Crippen molar-refractivity contribution in [2.24, 2.45) is 0 Å². The van der Waals surface area contributed by atoms with Crippen LogP contribution in [0.2, 0.25) is 0 Å². The number of halogens is 1. The fourth-order valence-electron chi connectivity index (χ4n) is 6.78. The molecule has 0 atom stereocenters. The highest BCUT2D eigenvalue weighted by Gasteiger charge is 2.18. The molecule has 0 aliphatic heterocycles. The van der Waals surface area contributed by atoms with Crippen LogP contribution >= 0.6 is 11.3 Å². The summed E-state index contributed by atoms with van der Waals surface area (Å²) >= 11 is 1.86. The molecule has 0 N–H and O–H groups in total. The molecule has 2 heterocycles. The normalized spacial score (nSPS) is 11.4. The smallest absolute Gasteiger partial charge is 0.123 e. The Morgan fingerprint density at radius 2 is 1.04 bits per heavy atom. The summed E-state index contributed by atoms with van der Waals surface area (Å²) in [6.45, 7) is 0. The van der Waals surface area contributed by atoms with Crippen molar-refractivity contribution in [1.29, 1.82) is 0 Å². The zero-order chi connectivity index (χ0) is 32.0. The third-order valence-corrected chi connectivity index (χ3v) is 10.3. The minimum absolute atomic E-state index is 0.254. The zero-order valence-corrected chi connectivity index (χ0v) is 26.7. The topological polar surface area (TPSA) is 8.17 Å². The molecular weight excluding hydrogens is 608 g/mol. The Balaban J connectivity index is 1.11. The van der Waals surface area contributed by atoms with E-state index in [0.717, 1.165) is 39.4 Å². The van der Waals surface area contributed by atoms with Crippen LogP contribution in [0.1, 0.15) is 0 Å². The highest BCUT2D eigenvalue weighted by atomic mass is 32.1. The number of hydrogen-bond donors (Lipinski definition) is 0. The van der Waals surface area contributed by atoms with E-state index in [4.69, 9.17) is 0 Å². The van der Waals surface area contributed by atoms with Crippen LogP contribution in [0.4, 0.5) is 21.5 Å². The summed E-state index contributed by atoms with van der Waals surface area (Å²) in [5, 5.41) is 2.56. The second kappa shape index (κ2) is 11.7. The van der Waals surface area contributed by atoms with Crippen LogP contribution in [0.15, 0.2) is 176 Å². The van der Waals surface area contributed by atoms with Crippen molar-refractivity contribution in [2.45, 2.75) is 0 Å². The fourth-order valence-corrected chi connectivity index (χ4v) is 8.01. The van der Waals surface area contributed by atoms with Crippen molar-refractivity contribution in [2.75, 3.05) is 4.90 Å². The molecule has 0 amide bonds. The highest BCUT2D eigenvalue weighted by molar-refractivity contribution is 7.26. The van der Waals surface area contributed by atoms with Gasteiger partial charge in [0.2, 0.25) is 0 Å². The lowest BCUT2D eigenvalue weighted by atomic mass is 10.0. The van der Waals surface area contributed by atoms with Crippen molar-refractivity contribution < 1.29 is 4.39 Å². The van der Waals surface area contributed by atoms with E-state index in [1.807, 2.05) is 29.5 Å². The SMILES string of the molecule is Fc1ccc(N(c2ccc(-c3ccccc3)cc2)c2cccc(-c3ccc(-n4c5ccccc5c5sc6ccccc6c54)cc3)c2)cc1. The van der Waals surface area contributed by atoms with Gasteiger partial charge in [-0.25, -0.2) is 4.39 Å². The van der Waals surface area contributed by atoms with Gasteiger partial charge in [-0.3, -0.25) is 0 Å². The van der Waals surface area contributed by atoms with E-state index in [1.165, 1.54) is 48.9 Å². The number of rotatable bonds is 6. The minimum Gasteiger partial charge on any atom is -0.310 e. The Morgan fingerprint density at radius 1 is 0.458 bits per heavy atom. The summed E-state index contributed by atoms with van der Waals surface area (Å²) in [4.78, 5) is 2.18. The van der Waals surface area contributed by atoms with E-state index in [-0.39, 0.29) is 5.82 Å². The Hall–Kier alpha value is -5.97. The molecule has 9 rings (SSSR count). The van der Waals surface area contributed by atoms with E-state index in [9.17, 15) is 4.39 Å². The lowest BCUT2D eigenvalue weighted by molar-refractivity contribution is 0.628. The maximum Gasteiger partial charge on any atom is 0.123 e. The van der Waals surface area contributed by atoms with Crippen molar-refractivity contribution in [3.8, 4) is 27.9 Å². The van der Waals surface area contributed by atoms with Gasteiger partial charge in [0.05, 0.1) is 15.7 Å². The largest absolute Gasteiger partial charge is 0.310 e. The van der Waals surface area contributed by atoms with Gasteiger partial charge < -0.3 is 9.47 Å². The highest BCUT2D eigenvalue weighted by Crippen LogP contribution is 2.43. The minimum atomic E-state index is -0.254. The number of benzene rings is 7. The van der Waals surface area contributed by atoms with Crippen LogP contribution in [0.25, 0.3) is 59.1 Å². The van der Waals surface area contributed by atoms with Gasteiger partial charge in [0, 0.05) is 38.2 Å². The van der Waals surface area contributed by atoms with Gasteiger partial charge in [-0.1, -0.05) is 103 Å². The summed E-state index contributed by atoms with van der Waals surface area (Å²) in [5.74, 6) is -0.254. The van der Waals surface area contributed by atoms with Gasteiger partial charge in [0.1, 0.15) is 5.82 Å². The van der Waals surface area contributed by atoms with Gasteiger partial charge >= 0.3 is 0 Å². The van der Waals surface area contributed by atoms with Gasteiger partial charge in [0.25, 0.3) is 0 Å². The molecule has 0 aliphatic rings. The Morgan fingerprint density at radius 3 is 1.81 bits per heavy atom. The number of nitrogens with zero attached hydrogens (tertiary/aromatic N) is 2. The van der Waals surface area contributed by atoms with E-state index in [0.29, 0.717) is 0 Å². The molecule has 0 radical (unpaired) electrons. The first kappa shape index (κ1) is 28.3. The van der Waals surface area contributed by atoms with E-state index in [2.05, 4.69) is 155 Å². The van der Waals surface area contributed by atoms with Gasteiger partial charge in [-0.2, -0.15) is 0 Å². The monoisotopic (exact) mass is 636 g/mol. The third kappa shape index (κ3) is 4.86. The molecule has 48 heavy (non-hydrogen) atoms. The Labute approximate surface area is 282 Å². The lowest BCUT2D eigenvalue weighted by Crippen LogP contribution is -2.10. The molecule has 4 heteroatoms. The zero-order valence-electron chi connectivity index (χ0n) is 25.9. The number of hydrogen-bond acceptors (Lipinski definition) is 2. The number of thiophene rings is 1. The average molecular weight is 637 g/mol. The third-order valence-electron chi connectivity index (χ3n) is 9.06. The maximum absolute atomic E-state index is 14.0. The molecule has 9 aromatic rings. The molecule has 0 saturated heterocycles. The standard InChI is InChI=1S/C44H29FN2S/c45-34-21-27-36(28-22-34)46(35-23-17-31(18-24-35)30-9-2-1-3-10-30)38-12-8-11-33(29-38)32-19-25-37(26-20-32)47-41-15-6-4-13-39(41)44-43(47)40-14-5-7-16-42(40)48-44/h1-29H. The van der Waals surface area contributed by atoms with Crippen molar-refractivity contribution in [1.82, 2.24) is 4.57 Å². The molecule has 0 bridgehead atoms. The summed E-state index contributed by atoms with van der Waals surface area (Å²) in [7, 11) is 0. The number of anilines is 3. The van der Waals surface area contributed by atoms with Crippen LogP contribution in [-0.4, -0.2) is 4.57 Å². The van der Waals surface area contributed by atoms with Crippen LogP contribution in [0.3, 0.4) is 0 Å². The molecule has 228 valence electrons. The van der Waals surface area contributed by atoms with E-state index >= 15 is 0 Å². The van der Waals surface area contributed by atoms with E-state index in [1.54, 1.807) is 0 Å². The first-order chi connectivity index (χ1) is 23.7. The van der Waals surface area contributed by atoms with Crippen molar-refractivity contribution in [3.05, 3.63) is 182 Å². The average Bonchev–Trinajstić information content (AvgIpc) is 3.68. The summed E-state index contributed by atoms with van der Waals surface area (Å²) in [6.07, 6.45) is 0. The van der Waals surface area contributed by atoms with Crippen molar-refractivity contribution in [3.63, 3.8) is 0 Å². The second-order valence-corrected chi connectivity index (χ2v) is 13.0. The molecule has 0 fully saturated rings. The van der Waals surface area contributed by atoms with Crippen LogP contribution in [-0.2, 0) is 0 Å². The molecule has 0 unspecified atom stereocenters. The Bertz CT molecular complexity index is 2540. The predicted molar refractivity (Wildman–Crippen MR) is 202 cm³/mol. The number of para-hydroxylation sites is 1. The van der Waals surface area contributed by atoms with Crippen molar-refractivity contribution >= 4 is 59.6 Å². The first-order valence-corrected chi connectivity index (χ1v) is 16.9. The van der Waals surface area contributed by atoms with Crippen LogP contribution in [0, 0.1) is 5.82 Å². The Kier molecular flexibility index (Phi) is 6.88.